The lowest BCUT2D eigenvalue weighted by Crippen LogP contribution is -2.28. The van der Waals surface area contributed by atoms with Crippen molar-refractivity contribution < 1.29 is 4.79 Å². The van der Waals surface area contributed by atoms with Crippen LogP contribution in [0.15, 0.2) is 18.2 Å². The van der Waals surface area contributed by atoms with E-state index < -0.39 is 0 Å². The molecule has 0 N–H and O–H groups in total. The quantitative estimate of drug-likeness (QED) is 0.771. The normalized spacial score (nSPS) is 12.3. The lowest BCUT2D eigenvalue weighted by Gasteiger charge is -2.18. The average molecular weight is 319 g/mol. The summed E-state index contributed by atoms with van der Waals surface area (Å²) in [5.74, 6) is 0.0174. The number of carbonyl (C=O) groups excluding carboxylic acids is 1. The van der Waals surface area contributed by atoms with Crippen LogP contribution in [0.4, 0.5) is 0 Å². The van der Waals surface area contributed by atoms with Crippen molar-refractivity contribution in [2.45, 2.75) is 25.1 Å². The van der Waals surface area contributed by atoms with Crippen LogP contribution < -0.4 is 0 Å². The highest BCUT2D eigenvalue weighted by Gasteiger charge is 2.13. The van der Waals surface area contributed by atoms with Gasteiger partial charge < -0.3 is 4.90 Å². The molecule has 1 atom stereocenters. The van der Waals surface area contributed by atoms with E-state index in [-0.39, 0.29) is 5.91 Å². The summed E-state index contributed by atoms with van der Waals surface area (Å²) in [4.78, 5) is 14.3. The van der Waals surface area contributed by atoms with E-state index in [0.717, 1.165) is 18.5 Å². The van der Waals surface area contributed by atoms with Gasteiger partial charge >= 0.3 is 0 Å². The first kappa shape index (κ1) is 14.5. The monoisotopic (exact) mass is 317 g/mol. The van der Waals surface area contributed by atoms with Crippen LogP contribution in [0.3, 0.4) is 0 Å². The van der Waals surface area contributed by atoms with E-state index in [4.69, 9.17) is 11.6 Å². The van der Waals surface area contributed by atoms with Crippen molar-refractivity contribution in [2.24, 2.45) is 0 Å². The Morgan fingerprint density at radius 3 is 2.65 bits per heavy atom. The topological polar surface area (TPSA) is 20.3 Å². The van der Waals surface area contributed by atoms with E-state index in [1.807, 2.05) is 26.1 Å². The molecule has 1 amide bonds. The van der Waals surface area contributed by atoms with E-state index in [2.05, 4.69) is 22.9 Å². The molecule has 2 nitrogen and oxygen atoms in total. The Bertz CT molecular complexity index is 386. The number of aryl methyl sites for hydroxylation is 1. The number of benzene rings is 1. The maximum atomic E-state index is 12.1. The largest absolute Gasteiger partial charge is 0.342 e. The number of hydrogen-bond acceptors (Lipinski definition) is 1. The molecule has 1 unspecified atom stereocenters. The highest BCUT2D eigenvalue weighted by atomic mass is 79.9. The van der Waals surface area contributed by atoms with Gasteiger partial charge in [-0.15, -0.1) is 0 Å². The van der Waals surface area contributed by atoms with Crippen LogP contribution in [0.2, 0.25) is 5.02 Å². The van der Waals surface area contributed by atoms with Crippen LogP contribution in [0, 0.1) is 6.92 Å². The summed E-state index contributed by atoms with van der Waals surface area (Å²) >= 11 is 9.42. The smallest absolute Gasteiger partial charge is 0.253 e. The van der Waals surface area contributed by atoms with Gasteiger partial charge in [0.15, 0.2) is 0 Å². The Hall–Kier alpha value is -0.540. The lowest BCUT2D eigenvalue weighted by molar-refractivity contribution is 0.0794. The van der Waals surface area contributed by atoms with Crippen molar-refractivity contribution in [1.29, 1.82) is 0 Å². The minimum absolute atomic E-state index is 0.0174. The first-order valence-electron chi connectivity index (χ1n) is 5.57. The van der Waals surface area contributed by atoms with Crippen molar-refractivity contribution in [3.8, 4) is 0 Å². The molecule has 0 fully saturated rings. The van der Waals surface area contributed by atoms with Gasteiger partial charge in [-0.2, -0.15) is 0 Å². The van der Waals surface area contributed by atoms with Gasteiger partial charge in [0.1, 0.15) is 0 Å². The Kier molecular flexibility index (Phi) is 5.47. The third kappa shape index (κ3) is 4.68. The van der Waals surface area contributed by atoms with Crippen LogP contribution in [0.5, 0.6) is 0 Å². The van der Waals surface area contributed by atoms with Crippen molar-refractivity contribution in [1.82, 2.24) is 4.90 Å². The molecule has 0 aromatic heterocycles. The number of rotatable bonds is 4. The van der Waals surface area contributed by atoms with Crippen molar-refractivity contribution in [2.75, 3.05) is 13.6 Å². The van der Waals surface area contributed by atoms with Gasteiger partial charge in [0.05, 0.1) is 0 Å². The highest BCUT2D eigenvalue weighted by molar-refractivity contribution is 9.09. The Morgan fingerprint density at radius 1 is 1.47 bits per heavy atom. The van der Waals surface area contributed by atoms with Crippen LogP contribution in [-0.4, -0.2) is 29.2 Å². The standard InChI is InChI=1S/C13H17BrClNO/c1-9-6-11(8-12(15)7-9)13(17)16(3)5-4-10(2)14/h6-8,10H,4-5H2,1-3H3. The molecule has 4 heteroatoms. The van der Waals surface area contributed by atoms with Crippen LogP contribution >= 0.6 is 27.5 Å². The molecule has 0 aliphatic carbocycles. The summed E-state index contributed by atoms with van der Waals surface area (Å²) in [5.41, 5.74) is 1.66. The first-order chi connectivity index (χ1) is 7.90. The van der Waals surface area contributed by atoms with Gasteiger partial charge in [0.2, 0.25) is 0 Å². The molecule has 0 saturated carbocycles. The summed E-state index contributed by atoms with van der Waals surface area (Å²) in [6.45, 7) is 4.74. The summed E-state index contributed by atoms with van der Waals surface area (Å²) in [7, 11) is 1.81. The number of halogens is 2. The van der Waals surface area contributed by atoms with Gasteiger partial charge in [0, 0.05) is 29.0 Å². The fourth-order valence-electron chi connectivity index (χ4n) is 1.55. The number of alkyl halides is 1. The summed E-state index contributed by atoms with van der Waals surface area (Å²) < 4.78 is 0. The van der Waals surface area contributed by atoms with Gasteiger partial charge in [0.25, 0.3) is 5.91 Å². The second-order valence-corrected chi connectivity index (χ2v) is 6.31. The van der Waals surface area contributed by atoms with Crippen LogP contribution in [0.25, 0.3) is 0 Å². The highest BCUT2D eigenvalue weighted by Crippen LogP contribution is 2.16. The molecule has 0 aliphatic rings. The molecule has 0 aliphatic heterocycles. The zero-order chi connectivity index (χ0) is 13.0. The Labute approximate surface area is 116 Å². The fourth-order valence-corrected chi connectivity index (χ4v) is 2.05. The number of carbonyl (C=O) groups is 1. The minimum atomic E-state index is 0.0174. The van der Waals surface area contributed by atoms with E-state index in [1.165, 1.54) is 0 Å². The molecular weight excluding hydrogens is 302 g/mol. The first-order valence-corrected chi connectivity index (χ1v) is 6.86. The maximum absolute atomic E-state index is 12.1. The predicted octanol–water partition coefficient (Wildman–Crippen LogP) is 3.89. The van der Waals surface area contributed by atoms with E-state index in [9.17, 15) is 4.79 Å². The third-order valence-corrected chi connectivity index (χ3v) is 3.17. The molecule has 17 heavy (non-hydrogen) atoms. The molecule has 0 spiro atoms. The van der Waals surface area contributed by atoms with Crippen molar-refractivity contribution in [3.63, 3.8) is 0 Å². The Balaban J connectivity index is 2.74. The van der Waals surface area contributed by atoms with Crippen molar-refractivity contribution in [3.05, 3.63) is 34.3 Å². The van der Waals surface area contributed by atoms with Gasteiger partial charge in [-0.1, -0.05) is 34.5 Å². The average Bonchev–Trinajstić information content (AvgIpc) is 2.23. The number of hydrogen-bond donors (Lipinski definition) is 0. The van der Waals surface area contributed by atoms with Crippen LogP contribution in [-0.2, 0) is 0 Å². The van der Waals surface area contributed by atoms with Gasteiger partial charge in [-0.05, 0) is 37.1 Å². The van der Waals surface area contributed by atoms with E-state index in [0.29, 0.717) is 15.4 Å². The molecule has 0 heterocycles. The molecule has 94 valence electrons. The molecule has 1 rings (SSSR count). The lowest BCUT2D eigenvalue weighted by atomic mass is 10.1. The minimum Gasteiger partial charge on any atom is -0.342 e. The predicted molar refractivity (Wildman–Crippen MR) is 76.2 cm³/mol. The number of nitrogens with zero attached hydrogens (tertiary/aromatic N) is 1. The van der Waals surface area contributed by atoms with Gasteiger partial charge in [-0.3, -0.25) is 4.79 Å². The summed E-state index contributed by atoms with van der Waals surface area (Å²) in [6.07, 6.45) is 0.932. The van der Waals surface area contributed by atoms with E-state index in [1.54, 1.807) is 11.0 Å². The van der Waals surface area contributed by atoms with Gasteiger partial charge in [-0.25, -0.2) is 0 Å². The SMILES string of the molecule is Cc1cc(Cl)cc(C(=O)N(C)CCC(C)Br)c1. The fraction of sp³-hybridized carbons (Fsp3) is 0.462. The molecule has 0 bridgehead atoms. The maximum Gasteiger partial charge on any atom is 0.253 e. The molecule has 1 aromatic rings. The second kappa shape index (κ2) is 6.41. The summed E-state index contributed by atoms with van der Waals surface area (Å²) in [6, 6.07) is 5.42. The third-order valence-electron chi connectivity index (χ3n) is 2.50. The van der Waals surface area contributed by atoms with Crippen molar-refractivity contribution >= 4 is 33.4 Å². The van der Waals surface area contributed by atoms with Crippen LogP contribution in [0.1, 0.15) is 29.3 Å². The Morgan fingerprint density at radius 2 is 2.12 bits per heavy atom. The zero-order valence-electron chi connectivity index (χ0n) is 10.3. The second-order valence-electron chi connectivity index (χ2n) is 4.31. The molecular formula is C13H17BrClNO. The van der Waals surface area contributed by atoms with E-state index >= 15 is 0 Å². The molecule has 1 aromatic carbocycles. The molecule has 0 radical (unpaired) electrons. The number of amides is 1. The molecule has 0 saturated heterocycles. The zero-order valence-corrected chi connectivity index (χ0v) is 12.7. The summed E-state index contributed by atoms with van der Waals surface area (Å²) in [5, 5.41) is 0.607.